The van der Waals surface area contributed by atoms with Crippen LogP contribution in [0.15, 0.2) is 31.6 Å². The predicted molar refractivity (Wildman–Crippen MR) is 86.4 cm³/mol. The second-order valence-corrected chi connectivity index (χ2v) is 9.60. The number of carboxylic acids is 1. The summed E-state index contributed by atoms with van der Waals surface area (Å²) in [6.45, 7) is 1.80. The quantitative estimate of drug-likeness (QED) is 0.765. The van der Waals surface area contributed by atoms with E-state index in [0.29, 0.717) is 4.88 Å². The van der Waals surface area contributed by atoms with Crippen molar-refractivity contribution in [2.24, 2.45) is 0 Å². The van der Waals surface area contributed by atoms with Gasteiger partial charge >= 0.3 is 5.97 Å². The fourth-order valence-corrected chi connectivity index (χ4v) is 5.98. The summed E-state index contributed by atoms with van der Waals surface area (Å²) in [5.41, 5.74) is 0.825. The fourth-order valence-electron chi connectivity index (χ4n) is 1.67. The normalized spacial score (nSPS) is 13.2. The van der Waals surface area contributed by atoms with Crippen LogP contribution in [-0.2, 0) is 14.8 Å². The average molecular weight is 410 g/mol. The summed E-state index contributed by atoms with van der Waals surface area (Å²) in [5.74, 6) is -1.06. The van der Waals surface area contributed by atoms with E-state index in [1.807, 2.05) is 0 Å². The van der Waals surface area contributed by atoms with Crippen LogP contribution in [0.2, 0.25) is 0 Å². The highest BCUT2D eigenvalue weighted by Crippen LogP contribution is 2.32. The molecule has 0 amide bonds. The van der Waals surface area contributed by atoms with Crippen LogP contribution in [0.1, 0.15) is 22.9 Å². The highest BCUT2D eigenvalue weighted by atomic mass is 79.9. The van der Waals surface area contributed by atoms with Gasteiger partial charge in [0.1, 0.15) is 4.21 Å². The Balaban J connectivity index is 2.29. The van der Waals surface area contributed by atoms with Crippen LogP contribution in [0.5, 0.6) is 0 Å². The molecule has 0 aliphatic heterocycles. The van der Waals surface area contributed by atoms with E-state index in [4.69, 9.17) is 5.11 Å². The Morgan fingerprint density at radius 2 is 2.24 bits per heavy atom. The van der Waals surface area contributed by atoms with Gasteiger partial charge in [0.05, 0.1) is 16.2 Å². The van der Waals surface area contributed by atoms with E-state index in [9.17, 15) is 13.2 Å². The minimum absolute atomic E-state index is 0.166. The molecule has 2 N–H and O–H groups in total. The number of carboxylic acid groups (broad SMARTS) is 1. The van der Waals surface area contributed by atoms with Crippen molar-refractivity contribution in [1.82, 2.24) is 4.72 Å². The van der Waals surface area contributed by atoms with Gasteiger partial charge in [-0.05, 0) is 45.9 Å². The third-order valence-corrected chi connectivity index (χ3v) is 7.73. The predicted octanol–water partition coefficient (Wildman–Crippen LogP) is 3.37. The van der Waals surface area contributed by atoms with Crippen molar-refractivity contribution in [3.8, 4) is 0 Å². The lowest BCUT2D eigenvalue weighted by Gasteiger charge is -2.14. The first-order valence-corrected chi connectivity index (χ1v) is 9.80. The van der Waals surface area contributed by atoms with Crippen LogP contribution in [0.4, 0.5) is 0 Å². The number of nitrogens with one attached hydrogen (secondary N) is 1. The zero-order chi connectivity index (χ0) is 15.6. The second kappa shape index (κ2) is 6.57. The maximum Gasteiger partial charge on any atom is 0.305 e. The molecule has 2 heterocycles. The molecule has 1 atom stereocenters. The number of halogens is 1. The van der Waals surface area contributed by atoms with Crippen LogP contribution in [0, 0.1) is 6.92 Å². The Hall–Kier alpha value is -0.740. The summed E-state index contributed by atoms with van der Waals surface area (Å²) >= 11 is 5.71. The molecule has 1 unspecified atom stereocenters. The number of rotatable bonds is 6. The molecule has 21 heavy (non-hydrogen) atoms. The summed E-state index contributed by atoms with van der Waals surface area (Å²) in [7, 11) is -3.75. The second-order valence-electron chi connectivity index (χ2n) is 4.31. The van der Waals surface area contributed by atoms with E-state index in [2.05, 4.69) is 20.7 Å². The number of carbonyl (C=O) groups is 1. The fraction of sp³-hybridized carbons (Fsp3) is 0.250. The van der Waals surface area contributed by atoms with Gasteiger partial charge in [0.25, 0.3) is 10.0 Å². The van der Waals surface area contributed by atoms with Gasteiger partial charge in [-0.2, -0.15) is 0 Å². The largest absolute Gasteiger partial charge is 0.481 e. The molecular weight excluding hydrogens is 398 g/mol. The number of hydrogen-bond acceptors (Lipinski definition) is 5. The Bertz CT molecular complexity index is 717. The van der Waals surface area contributed by atoms with E-state index in [0.717, 1.165) is 20.7 Å². The average Bonchev–Trinajstić information content (AvgIpc) is 2.99. The van der Waals surface area contributed by atoms with Gasteiger partial charge in [0, 0.05) is 4.88 Å². The lowest BCUT2D eigenvalue weighted by molar-refractivity contribution is -0.137. The molecule has 0 saturated heterocycles. The molecule has 0 saturated carbocycles. The molecule has 0 fully saturated rings. The highest BCUT2D eigenvalue weighted by Gasteiger charge is 2.26. The van der Waals surface area contributed by atoms with Gasteiger partial charge in [-0.25, -0.2) is 13.1 Å². The topological polar surface area (TPSA) is 83.5 Å². The van der Waals surface area contributed by atoms with Crippen molar-refractivity contribution in [3.63, 3.8) is 0 Å². The zero-order valence-corrected chi connectivity index (χ0v) is 14.9. The Kier molecular flexibility index (Phi) is 5.20. The van der Waals surface area contributed by atoms with Gasteiger partial charge in [0.15, 0.2) is 0 Å². The molecule has 2 aromatic heterocycles. The summed E-state index contributed by atoms with van der Waals surface area (Å²) in [6, 6.07) is 4.27. The molecule has 2 aromatic rings. The monoisotopic (exact) mass is 409 g/mol. The first-order valence-electron chi connectivity index (χ1n) is 5.83. The first kappa shape index (κ1) is 16.6. The molecule has 0 radical (unpaired) electrons. The zero-order valence-electron chi connectivity index (χ0n) is 10.9. The molecule has 5 nitrogen and oxygen atoms in total. The maximum absolute atomic E-state index is 12.4. The van der Waals surface area contributed by atoms with Gasteiger partial charge in [-0.3, -0.25) is 4.79 Å². The Morgan fingerprint density at radius 3 is 2.71 bits per heavy atom. The maximum atomic E-state index is 12.4. The number of aliphatic carboxylic acids is 1. The van der Waals surface area contributed by atoms with Gasteiger partial charge in [-0.15, -0.1) is 22.7 Å². The minimum atomic E-state index is -3.75. The highest BCUT2D eigenvalue weighted by molar-refractivity contribution is 9.11. The van der Waals surface area contributed by atoms with Crippen molar-refractivity contribution in [3.05, 3.63) is 37.8 Å². The van der Waals surface area contributed by atoms with Crippen molar-refractivity contribution in [2.75, 3.05) is 0 Å². The van der Waals surface area contributed by atoms with Crippen LogP contribution in [0.3, 0.4) is 0 Å². The number of thiophene rings is 2. The molecular formula is C12H12BrNO4S3. The van der Waals surface area contributed by atoms with Crippen LogP contribution >= 0.6 is 38.6 Å². The van der Waals surface area contributed by atoms with E-state index >= 15 is 0 Å². The molecule has 0 bridgehead atoms. The summed E-state index contributed by atoms with van der Waals surface area (Å²) in [4.78, 5) is 11.6. The summed E-state index contributed by atoms with van der Waals surface area (Å²) in [6.07, 6.45) is -0.300. The minimum Gasteiger partial charge on any atom is -0.481 e. The van der Waals surface area contributed by atoms with Crippen LogP contribution in [0.25, 0.3) is 0 Å². The van der Waals surface area contributed by atoms with E-state index < -0.39 is 22.0 Å². The third kappa shape index (κ3) is 4.13. The molecule has 0 aromatic carbocycles. The van der Waals surface area contributed by atoms with Crippen LogP contribution in [-0.4, -0.2) is 19.5 Å². The molecule has 9 heteroatoms. The molecule has 2 rings (SSSR count). The number of sulfonamides is 1. The molecule has 0 aliphatic rings. The number of hydrogen-bond donors (Lipinski definition) is 2. The smallest absolute Gasteiger partial charge is 0.305 e. The molecule has 0 aliphatic carbocycles. The summed E-state index contributed by atoms with van der Waals surface area (Å²) < 4.78 is 28.1. The van der Waals surface area contributed by atoms with E-state index in [-0.39, 0.29) is 10.6 Å². The van der Waals surface area contributed by atoms with Gasteiger partial charge in [0.2, 0.25) is 0 Å². The standard InChI is InChI=1S/C12H12BrNO4S3/c1-7-5-11(20-12(7)13)21(17,18)14-8(6-10(15)16)9-3-2-4-19-9/h2-5,8,14H,6H2,1H3,(H,15,16). The van der Waals surface area contributed by atoms with Gasteiger partial charge in [-0.1, -0.05) is 6.07 Å². The molecule has 0 spiro atoms. The third-order valence-electron chi connectivity index (χ3n) is 2.66. The Morgan fingerprint density at radius 1 is 1.52 bits per heavy atom. The molecule has 114 valence electrons. The van der Waals surface area contributed by atoms with E-state index in [1.165, 1.54) is 11.3 Å². The SMILES string of the molecule is Cc1cc(S(=O)(=O)NC(CC(=O)O)c2cccs2)sc1Br. The van der Waals surface area contributed by atoms with Gasteiger partial charge < -0.3 is 5.11 Å². The van der Waals surface area contributed by atoms with Crippen molar-refractivity contribution in [2.45, 2.75) is 23.6 Å². The van der Waals surface area contributed by atoms with Crippen LogP contribution < -0.4 is 4.72 Å². The lowest BCUT2D eigenvalue weighted by Crippen LogP contribution is -2.29. The van der Waals surface area contributed by atoms with Crippen molar-refractivity contribution < 1.29 is 18.3 Å². The summed E-state index contributed by atoms with van der Waals surface area (Å²) in [5, 5.41) is 10.7. The first-order chi connectivity index (χ1) is 9.79. The van der Waals surface area contributed by atoms with E-state index in [1.54, 1.807) is 30.5 Å². The lowest BCUT2D eigenvalue weighted by atomic mass is 10.2. The Labute approximate surface area is 138 Å². The van der Waals surface area contributed by atoms with Crippen molar-refractivity contribution in [1.29, 1.82) is 0 Å². The number of aryl methyl sites for hydroxylation is 1. The van der Waals surface area contributed by atoms with Crippen molar-refractivity contribution >= 4 is 54.6 Å².